The second-order valence-corrected chi connectivity index (χ2v) is 19.8. The fraction of sp³-hybridized carbons (Fsp3) is 0.385. The molecular weight excluding hydrogens is 503 g/mol. The van der Waals surface area contributed by atoms with Crippen LogP contribution in [-0.4, -0.2) is 8.07 Å². The van der Waals surface area contributed by atoms with Gasteiger partial charge in [0.2, 0.25) is 0 Å². The Balaban J connectivity index is 0.00000128. The van der Waals surface area contributed by atoms with Gasteiger partial charge in [0.25, 0.3) is 0 Å². The van der Waals surface area contributed by atoms with Gasteiger partial charge in [-0.05, 0) is 0 Å². The molecule has 1 aliphatic heterocycles. The minimum absolute atomic E-state index is 0. The van der Waals surface area contributed by atoms with Crippen molar-refractivity contribution in [3.05, 3.63) is 82.1 Å². The molecule has 0 radical (unpaired) electrons. The van der Waals surface area contributed by atoms with E-state index in [1.165, 1.54) is 0 Å². The predicted molar refractivity (Wildman–Crippen MR) is 119 cm³/mol. The second-order valence-electron chi connectivity index (χ2n) is 9.88. The predicted octanol–water partition coefficient (Wildman–Crippen LogP) is 0.990. The molecule has 0 saturated carbocycles. The standard InChI is InChI=1S/C26H30Si.2ClH.Zr/c1-17(2)23-16-24(22-14-10-9-13-21(22)23)27(5,6)25-15-19-11-7-8-12-20(19)26(25)18(3)4;;;/h7-18H,1-6H3;2*1H;/q;;;+2/p-2. The Morgan fingerprint density at radius 1 is 0.833 bits per heavy atom. The molecular formula is C26H30Cl2SiZr. The molecule has 0 N–H and O–H groups in total. The molecule has 2 aromatic rings. The molecule has 1 spiro atoms. The number of fused-ring (bicyclic) bond motifs is 5. The Morgan fingerprint density at radius 2 is 1.43 bits per heavy atom. The zero-order chi connectivity index (χ0) is 19.8. The summed E-state index contributed by atoms with van der Waals surface area (Å²) in [4.78, 5) is 0. The largest absolute Gasteiger partial charge is 1.00 e. The molecule has 1 saturated heterocycles. The summed E-state index contributed by atoms with van der Waals surface area (Å²) < 4.78 is 1.20. The molecule has 4 heteroatoms. The number of hydrogen-bond acceptors (Lipinski definition) is 0. The average molecular weight is 533 g/mol. The first kappa shape index (κ1) is 24.2. The van der Waals surface area contributed by atoms with Crippen molar-refractivity contribution < 1.29 is 48.0 Å². The molecule has 2 aromatic carbocycles. The number of benzene rings is 2. The SMILES string of the molecule is CC(C)C1=C[C]2([Zr+2][CH]3C(=C(C(C)C)c4ccccc43)[Si]2(C)C)c2ccccc21.[Cl-].[Cl-]. The van der Waals surface area contributed by atoms with Crippen LogP contribution in [0, 0.1) is 11.8 Å². The molecule has 1 heterocycles. The van der Waals surface area contributed by atoms with Gasteiger partial charge in [0.1, 0.15) is 0 Å². The summed E-state index contributed by atoms with van der Waals surface area (Å²) in [7, 11) is -1.67. The topological polar surface area (TPSA) is 0 Å². The van der Waals surface area contributed by atoms with E-state index < -0.39 is 31.3 Å². The number of hydrogen-bond donors (Lipinski definition) is 0. The molecule has 156 valence electrons. The molecule has 0 bridgehead atoms. The zero-order valence-corrected chi connectivity index (χ0v) is 23.7. The van der Waals surface area contributed by atoms with E-state index in [2.05, 4.69) is 95.4 Å². The Bertz CT molecular complexity index is 1050. The molecule has 30 heavy (non-hydrogen) atoms. The van der Waals surface area contributed by atoms with Gasteiger partial charge in [-0.25, -0.2) is 0 Å². The van der Waals surface area contributed by atoms with Crippen molar-refractivity contribution in [2.75, 3.05) is 0 Å². The van der Waals surface area contributed by atoms with Crippen LogP contribution in [0.4, 0.5) is 0 Å². The summed E-state index contributed by atoms with van der Waals surface area (Å²) in [5, 5.41) is 1.92. The van der Waals surface area contributed by atoms with Gasteiger partial charge >= 0.3 is 184 Å². The fourth-order valence-corrected chi connectivity index (χ4v) is 22.2. The van der Waals surface area contributed by atoms with Crippen molar-refractivity contribution in [1.29, 1.82) is 0 Å². The first-order valence-electron chi connectivity index (χ1n) is 10.7. The van der Waals surface area contributed by atoms with E-state index in [9.17, 15) is 0 Å². The van der Waals surface area contributed by atoms with Crippen LogP contribution in [0.25, 0.3) is 11.1 Å². The number of halogens is 2. The maximum absolute atomic E-state index is 2.81. The molecule has 2 atom stereocenters. The molecule has 0 amide bonds. The van der Waals surface area contributed by atoms with Gasteiger partial charge in [0.05, 0.1) is 0 Å². The quantitative estimate of drug-likeness (QED) is 0.507. The number of allylic oxidation sites excluding steroid dienone is 4. The van der Waals surface area contributed by atoms with Crippen molar-refractivity contribution in [2.24, 2.45) is 11.8 Å². The van der Waals surface area contributed by atoms with Crippen LogP contribution in [-0.2, 0) is 26.0 Å². The minimum atomic E-state index is -1.67. The maximum Gasteiger partial charge on any atom is -1.00 e. The first-order valence-corrected chi connectivity index (χ1v) is 16.4. The van der Waals surface area contributed by atoms with E-state index >= 15 is 0 Å². The van der Waals surface area contributed by atoms with E-state index in [0.717, 1.165) is 3.63 Å². The third-order valence-electron chi connectivity index (χ3n) is 7.41. The molecule has 2 aliphatic carbocycles. The summed E-state index contributed by atoms with van der Waals surface area (Å²) in [6, 6.07) is 18.8. The third kappa shape index (κ3) is 3.01. The van der Waals surface area contributed by atoms with Gasteiger partial charge in [0, 0.05) is 0 Å². The molecule has 1 fully saturated rings. The first-order chi connectivity index (χ1) is 13.3. The van der Waals surface area contributed by atoms with Crippen LogP contribution in [0.2, 0.25) is 13.1 Å². The zero-order valence-electron chi connectivity index (χ0n) is 18.7. The van der Waals surface area contributed by atoms with Crippen LogP contribution < -0.4 is 24.8 Å². The van der Waals surface area contributed by atoms with Crippen molar-refractivity contribution in [2.45, 2.75) is 47.2 Å². The molecule has 2 unspecified atom stereocenters. The summed E-state index contributed by atoms with van der Waals surface area (Å²) in [6.45, 7) is 15.0. The Hall–Kier alpha value is -0.400. The average Bonchev–Trinajstić information content (AvgIpc) is 3.24. The Morgan fingerprint density at radius 3 is 2.07 bits per heavy atom. The maximum atomic E-state index is 2.81. The van der Waals surface area contributed by atoms with Gasteiger partial charge in [-0.1, -0.05) is 0 Å². The van der Waals surface area contributed by atoms with Crippen molar-refractivity contribution >= 4 is 19.2 Å². The summed E-state index contributed by atoms with van der Waals surface area (Å²) in [6.07, 6.45) is 2.81. The second kappa shape index (κ2) is 8.18. The van der Waals surface area contributed by atoms with Crippen LogP contribution in [0.5, 0.6) is 0 Å². The monoisotopic (exact) mass is 530 g/mol. The van der Waals surface area contributed by atoms with E-state index in [4.69, 9.17) is 0 Å². The molecule has 0 nitrogen and oxygen atoms in total. The molecule has 0 aromatic heterocycles. The van der Waals surface area contributed by atoms with E-state index in [0.29, 0.717) is 14.6 Å². The summed E-state index contributed by atoms with van der Waals surface area (Å²) >= 11 is -0.748. The van der Waals surface area contributed by atoms with Gasteiger partial charge < -0.3 is 24.8 Å². The van der Waals surface area contributed by atoms with Crippen molar-refractivity contribution in [3.8, 4) is 0 Å². The fourth-order valence-electron chi connectivity index (χ4n) is 6.12. The van der Waals surface area contributed by atoms with Gasteiger partial charge in [0.15, 0.2) is 0 Å². The summed E-state index contributed by atoms with van der Waals surface area (Å²) in [5.74, 6) is 1.23. The third-order valence-corrected chi connectivity index (χ3v) is 22.2. The number of rotatable bonds is 2. The van der Waals surface area contributed by atoms with Crippen molar-refractivity contribution in [1.82, 2.24) is 0 Å². The van der Waals surface area contributed by atoms with E-state index in [1.54, 1.807) is 33.4 Å². The van der Waals surface area contributed by atoms with Crippen LogP contribution in [0.15, 0.2) is 59.8 Å². The van der Waals surface area contributed by atoms with Gasteiger partial charge in [-0.2, -0.15) is 0 Å². The van der Waals surface area contributed by atoms with Crippen LogP contribution in [0.1, 0.15) is 53.6 Å². The van der Waals surface area contributed by atoms with Gasteiger partial charge in [-0.3, -0.25) is 0 Å². The normalized spacial score (nSPS) is 24.5. The minimum Gasteiger partial charge on any atom is -1.00 e. The van der Waals surface area contributed by atoms with Crippen molar-refractivity contribution in [3.63, 3.8) is 0 Å². The molecule has 5 rings (SSSR count). The van der Waals surface area contributed by atoms with Crippen LogP contribution in [0.3, 0.4) is 0 Å². The smallest absolute Gasteiger partial charge is 1.00 e. The van der Waals surface area contributed by atoms with E-state index in [1.807, 2.05) is 5.20 Å². The Kier molecular flexibility index (Phi) is 6.61. The summed E-state index contributed by atoms with van der Waals surface area (Å²) in [5.41, 5.74) is 9.88. The Labute approximate surface area is 207 Å². The van der Waals surface area contributed by atoms with E-state index in [-0.39, 0.29) is 24.8 Å². The molecule has 3 aliphatic rings. The van der Waals surface area contributed by atoms with Gasteiger partial charge in [-0.15, -0.1) is 0 Å². The van der Waals surface area contributed by atoms with Crippen LogP contribution >= 0.6 is 0 Å².